The summed E-state index contributed by atoms with van der Waals surface area (Å²) in [6.45, 7) is 6.57. The Bertz CT molecular complexity index is 1110. The van der Waals surface area contributed by atoms with Crippen LogP contribution in [0.3, 0.4) is 0 Å². The maximum absolute atomic E-state index is 12.8. The van der Waals surface area contributed by atoms with E-state index in [1.54, 1.807) is 0 Å². The van der Waals surface area contributed by atoms with Crippen molar-refractivity contribution in [3.63, 3.8) is 0 Å². The van der Waals surface area contributed by atoms with Gasteiger partial charge in [-0.05, 0) is 77.0 Å². The van der Waals surface area contributed by atoms with Crippen LogP contribution in [0.25, 0.3) is 0 Å². The summed E-state index contributed by atoms with van der Waals surface area (Å²) in [5.74, 6) is -0.899. The molecule has 0 aliphatic rings. The van der Waals surface area contributed by atoms with Crippen molar-refractivity contribution in [2.45, 2.75) is 284 Å². The summed E-state index contributed by atoms with van der Waals surface area (Å²) < 4.78 is 16.8. The van der Waals surface area contributed by atoms with Crippen LogP contribution in [0.15, 0.2) is 48.6 Å². The van der Waals surface area contributed by atoms with Crippen molar-refractivity contribution in [1.29, 1.82) is 0 Å². The first-order valence-corrected chi connectivity index (χ1v) is 27.1. The van der Waals surface area contributed by atoms with Gasteiger partial charge in [0.25, 0.3) is 0 Å². The highest BCUT2D eigenvalue weighted by atomic mass is 16.6. The number of rotatable bonds is 49. The van der Waals surface area contributed by atoms with E-state index in [0.717, 1.165) is 103 Å². The van der Waals surface area contributed by atoms with Gasteiger partial charge in [0, 0.05) is 19.3 Å². The van der Waals surface area contributed by atoms with Gasteiger partial charge in [-0.3, -0.25) is 14.4 Å². The topological polar surface area (TPSA) is 78.9 Å². The molecule has 366 valence electrons. The van der Waals surface area contributed by atoms with Crippen molar-refractivity contribution in [2.24, 2.45) is 0 Å². The van der Waals surface area contributed by atoms with Gasteiger partial charge in [0.1, 0.15) is 13.2 Å². The molecule has 0 unspecified atom stereocenters. The summed E-state index contributed by atoms with van der Waals surface area (Å²) in [5.41, 5.74) is 0. The Hall–Kier alpha value is -2.63. The highest BCUT2D eigenvalue weighted by molar-refractivity contribution is 5.71. The van der Waals surface area contributed by atoms with Crippen LogP contribution in [0, 0.1) is 0 Å². The molecule has 0 fully saturated rings. The standard InChI is InChI=1S/C57H102O6/c1-4-7-10-13-16-19-22-25-28-30-32-35-38-41-44-47-50-56(59)62-53-54(52-61-55(58)49-46-43-40-37-34-31-27-24-21-18-15-12-9-6-3)63-57(60)51-48-45-42-39-36-33-29-26-23-20-17-14-11-8-5-2/h15,17-18,20,24,26-27,29,54H,4-14,16,19,21-23,25,28,30-53H2,1-3H3/b18-15-,20-17-,27-24-,29-26-/t54-/m1/s1. The Balaban J connectivity index is 4.39. The van der Waals surface area contributed by atoms with E-state index in [1.807, 2.05) is 0 Å². The minimum atomic E-state index is -0.783. The maximum Gasteiger partial charge on any atom is 0.306 e. The molecule has 0 saturated heterocycles. The maximum atomic E-state index is 12.8. The van der Waals surface area contributed by atoms with E-state index in [-0.39, 0.29) is 31.1 Å². The summed E-state index contributed by atoms with van der Waals surface area (Å²) in [6, 6.07) is 0. The number of allylic oxidation sites excluding steroid dienone is 8. The molecule has 0 aromatic heterocycles. The first-order chi connectivity index (χ1) is 31.0. The summed E-state index contributed by atoms with van der Waals surface area (Å²) in [5, 5.41) is 0. The average Bonchev–Trinajstić information content (AvgIpc) is 3.28. The lowest BCUT2D eigenvalue weighted by molar-refractivity contribution is -0.167. The van der Waals surface area contributed by atoms with Gasteiger partial charge in [-0.25, -0.2) is 0 Å². The van der Waals surface area contributed by atoms with Crippen molar-refractivity contribution in [2.75, 3.05) is 13.2 Å². The molecule has 1 atom stereocenters. The van der Waals surface area contributed by atoms with Gasteiger partial charge < -0.3 is 14.2 Å². The van der Waals surface area contributed by atoms with Crippen molar-refractivity contribution < 1.29 is 28.6 Å². The van der Waals surface area contributed by atoms with E-state index < -0.39 is 6.10 Å². The fraction of sp³-hybridized carbons (Fsp3) is 0.807. The van der Waals surface area contributed by atoms with Gasteiger partial charge in [-0.1, -0.05) is 230 Å². The molecule has 0 N–H and O–H groups in total. The summed E-state index contributed by atoms with van der Waals surface area (Å²) in [4.78, 5) is 38.0. The molecule has 6 nitrogen and oxygen atoms in total. The molecule has 0 aliphatic heterocycles. The fourth-order valence-electron chi connectivity index (χ4n) is 7.67. The third-order valence-electron chi connectivity index (χ3n) is 11.8. The molecule has 0 saturated carbocycles. The Kier molecular flexibility index (Phi) is 49.8. The molecule has 0 rings (SSSR count). The van der Waals surface area contributed by atoms with Crippen molar-refractivity contribution >= 4 is 17.9 Å². The van der Waals surface area contributed by atoms with Crippen LogP contribution in [0.4, 0.5) is 0 Å². The molecule has 0 aromatic rings. The Labute approximate surface area is 390 Å². The molecular weight excluding hydrogens is 781 g/mol. The first kappa shape index (κ1) is 60.4. The van der Waals surface area contributed by atoms with Gasteiger partial charge in [-0.2, -0.15) is 0 Å². The number of hydrogen-bond donors (Lipinski definition) is 0. The third-order valence-corrected chi connectivity index (χ3v) is 11.8. The molecule has 63 heavy (non-hydrogen) atoms. The zero-order chi connectivity index (χ0) is 45.8. The lowest BCUT2D eigenvalue weighted by Crippen LogP contribution is -2.30. The molecule has 0 aliphatic carbocycles. The van der Waals surface area contributed by atoms with Gasteiger partial charge in [0.15, 0.2) is 6.10 Å². The molecule has 0 aromatic carbocycles. The minimum Gasteiger partial charge on any atom is -0.462 e. The van der Waals surface area contributed by atoms with Crippen molar-refractivity contribution in [1.82, 2.24) is 0 Å². The molecule has 6 heteroatoms. The van der Waals surface area contributed by atoms with Gasteiger partial charge >= 0.3 is 17.9 Å². The monoisotopic (exact) mass is 883 g/mol. The first-order valence-electron chi connectivity index (χ1n) is 27.1. The van der Waals surface area contributed by atoms with Gasteiger partial charge in [0.05, 0.1) is 0 Å². The predicted molar refractivity (Wildman–Crippen MR) is 270 cm³/mol. The number of esters is 3. The van der Waals surface area contributed by atoms with E-state index in [2.05, 4.69) is 69.4 Å². The number of hydrogen-bond acceptors (Lipinski definition) is 6. The van der Waals surface area contributed by atoms with Crippen LogP contribution in [0.1, 0.15) is 278 Å². The second-order valence-electron chi connectivity index (χ2n) is 18.1. The van der Waals surface area contributed by atoms with E-state index in [9.17, 15) is 14.4 Å². The smallest absolute Gasteiger partial charge is 0.306 e. The number of ether oxygens (including phenoxy) is 3. The molecular formula is C57H102O6. The average molecular weight is 883 g/mol. The Morgan fingerprint density at radius 1 is 0.317 bits per heavy atom. The van der Waals surface area contributed by atoms with Crippen LogP contribution in [0.5, 0.6) is 0 Å². The van der Waals surface area contributed by atoms with Crippen LogP contribution in [-0.4, -0.2) is 37.2 Å². The summed E-state index contributed by atoms with van der Waals surface area (Å²) >= 11 is 0. The lowest BCUT2D eigenvalue weighted by atomic mass is 10.0. The van der Waals surface area contributed by atoms with Crippen LogP contribution < -0.4 is 0 Å². The minimum absolute atomic E-state index is 0.0809. The van der Waals surface area contributed by atoms with E-state index in [1.165, 1.54) is 135 Å². The molecule has 0 amide bonds. The number of carbonyl (C=O) groups is 3. The van der Waals surface area contributed by atoms with Crippen molar-refractivity contribution in [3.05, 3.63) is 48.6 Å². The molecule has 0 spiro atoms. The van der Waals surface area contributed by atoms with Gasteiger partial charge in [-0.15, -0.1) is 0 Å². The predicted octanol–water partition coefficient (Wildman–Crippen LogP) is 17.9. The third kappa shape index (κ3) is 50.2. The number of unbranched alkanes of at least 4 members (excludes halogenated alkanes) is 30. The fourth-order valence-corrected chi connectivity index (χ4v) is 7.67. The van der Waals surface area contributed by atoms with Crippen LogP contribution >= 0.6 is 0 Å². The Morgan fingerprint density at radius 3 is 0.952 bits per heavy atom. The zero-order valence-electron chi connectivity index (χ0n) is 41.8. The van der Waals surface area contributed by atoms with E-state index in [4.69, 9.17) is 14.2 Å². The Morgan fingerprint density at radius 2 is 0.587 bits per heavy atom. The van der Waals surface area contributed by atoms with Crippen LogP contribution in [0.2, 0.25) is 0 Å². The highest BCUT2D eigenvalue weighted by Gasteiger charge is 2.19. The lowest BCUT2D eigenvalue weighted by Gasteiger charge is -2.18. The summed E-state index contributed by atoms with van der Waals surface area (Å²) in [7, 11) is 0. The van der Waals surface area contributed by atoms with Gasteiger partial charge in [0.2, 0.25) is 0 Å². The second-order valence-corrected chi connectivity index (χ2v) is 18.1. The second kappa shape index (κ2) is 52.0. The largest absolute Gasteiger partial charge is 0.462 e. The van der Waals surface area contributed by atoms with E-state index >= 15 is 0 Å². The quantitative estimate of drug-likeness (QED) is 0.0262. The number of carbonyl (C=O) groups excluding carboxylic acids is 3. The zero-order valence-corrected chi connectivity index (χ0v) is 41.8. The normalized spacial score (nSPS) is 12.4. The van der Waals surface area contributed by atoms with E-state index in [0.29, 0.717) is 19.3 Å². The van der Waals surface area contributed by atoms with Crippen molar-refractivity contribution in [3.8, 4) is 0 Å². The highest BCUT2D eigenvalue weighted by Crippen LogP contribution is 2.16. The van der Waals surface area contributed by atoms with Crippen LogP contribution in [-0.2, 0) is 28.6 Å². The molecule has 0 bridgehead atoms. The summed E-state index contributed by atoms with van der Waals surface area (Å²) in [6.07, 6.45) is 62.3. The molecule has 0 radical (unpaired) electrons. The SMILES string of the molecule is CCCC/C=C\C/C=C\CCCCCCCC(=O)OC[C@H](COC(=O)CCCCCCCCCCCCCCCCCC)OC(=O)CCCCCCC/C=C\C/C=C\CCCCC. The molecule has 0 heterocycles.